The molecule has 0 spiro atoms. The van der Waals surface area contributed by atoms with E-state index < -0.39 is 5.91 Å². The molecule has 1 fully saturated rings. The van der Waals surface area contributed by atoms with E-state index >= 15 is 0 Å². The summed E-state index contributed by atoms with van der Waals surface area (Å²) in [7, 11) is 0. The molecule has 2 aromatic rings. The molecule has 22 heavy (non-hydrogen) atoms. The zero-order valence-electron chi connectivity index (χ0n) is 12.1. The monoisotopic (exact) mass is 295 g/mol. The van der Waals surface area contributed by atoms with Crippen LogP contribution in [-0.2, 0) is 6.54 Å². The highest BCUT2D eigenvalue weighted by atomic mass is 16.2. The summed E-state index contributed by atoms with van der Waals surface area (Å²) in [5.74, 6) is -0.428. The lowest BCUT2D eigenvalue weighted by atomic mass is 10.1. The van der Waals surface area contributed by atoms with Gasteiger partial charge in [0.1, 0.15) is 0 Å². The van der Waals surface area contributed by atoms with Crippen molar-refractivity contribution in [2.24, 2.45) is 5.73 Å². The molecule has 2 amide bonds. The van der Waals surface area contributed by atoms with Gasteiger partial charge in [0, 0.05) is 36.1 Å². The minimum absolute atomic E-state index is 0.0175. The van der Waals surface area contributed by atoms with Crippen LogP contribution in [0.4, 0.5) is 0 Å². The average molecular weight is 295 g/mol. The molecule has 1 saturated carbocycles. The van der Waals surface area contributed by atoms with Crippen molar-refractivity contribution in [3.05, 3.63) is 65.5 Å². The summed E-state index contributed by atoms with van der Waals surface area (Å²) in [5.41, 5.74) is 7.35. The van der Waals surface area contributed by atoms with Gasteiger partial charge in [-0.2, -0.15) is 0 Å². The zero-order chi connectivity index (χ0) is 15.5. The third-order valence-corrected chi connectivity index (χ3v) is 3.77. The summed E-state index contributed by atoms with van der Waals surface area (Å²) < 4.78 is 0. The van der Waals surface area contributed by atoms with Gasteiger partial charge >= 0.3 is 0 Å². The van der Waals surface area contributed by atoms with E-state index in [4.69, 9.17) is 5.73 Å². The molecular weight excluding hydrogens is 278 g/mol. The van der Waals surface area contributed by atoms with E-state index in [1.54, 1.807) is 36.7 Å². The molecular formula is C17H17N3O2. The van der Waals surface area contributed by atoms with Crippen molar-refractivity contribution in [1.29, 1.82) is 0 Å². The van der Waals surface area contributed by atoms with Crippen molar-refractivity contribution < 1.29 is 9.59 Å². The smallest absolute Gasteiger partial charge is 0.254 e. The van der Waals surface area contributed by atoms with Crippen LogP contribution in [0.25, 0.3) is 0 Å². The summed E-state index contributed by atoms with van der Waals surface area (Å²) in [5, 5.41) is 0. The van der Waals surface area contributed by atoms with E-state index in [2.05, 4.69) is 4.98 Å². The Morgan fingerprint density at radius 3 is 2.23 bits per heavy atom. The lowest BCUT2D eigenvalue weighted by Gasteiger charge is -2.22. The van der Waals surface area contributed by atoms with E-state index in [-0.39, 0.29) is 5.91 Å². The quantitative estimate of drug-likeness (QED) is 0.916. The zero-order valence-corrected chi connectivity index (χ0v) is 12.1. The topological polar surface area (TPSA) is 76.3 Å². The second kappa shape index (κ2) is 5.97. The number of pyridine rings is 1. The molecule has 0 saturated heterocycles. The minimum Gasteiger partial charge on any atom is -0.366 e. The lowest BCUT2D eigenvalue weighted by Crippen LogP contribution is -2.32. The number of benzene rings is 1. The molecule has 5 heteroatoms. The Balaban J connectivity index is 1.77. The Morgan fingerprint density at radius 1 is 1.05 bits per heavy atom. The Morgan fingerprint density at radius 2 is 1.68 bits per heavy atom. The van der Waals surface area contributed by atoms with Crippen molar-refractivity contribution >= 4 is 11.8 Å². The molecule has 0 bridgehead atoms. The van der Waals surface area contributed by atoms with Crippen molar-refractivity contribution in [2.45, 2.75) is 25.4 Å². The minimum atomic E-state index is -0.446. The highest BCUT2D eigenvalue weighted by Gasteiger charge is 2.33. The Kier molecular flexibility index (Phi) is 3.87. The first-order chi connectivity index (χ1) is 10.6. The van der Waals surface area contributed by atoms with Gasteiger partial charge in [-0.05, 0) is 42.7 Å². The van der Waals surface area contributed by atoms with Crippen LogP contribution in [0.5, 0.6) is 0 Å². The number of carbonyl (C=O) groups excluding carboxylic acids is 2. The number of nitrogens with zero attached hydrogens (tertiary/aromatic N) is 2. The lowest BCUT2D eigenvalue weighted by molar-refractivity contribution is 0.0729. The third-order valence-electron chi connectivity index (χ3n) is 3.77. The molecule has 1 heterocycles. The molecule has 0 unspecified atom stereocenters. The van der Waals surface area contributed by atoms with E-state index in [1.807, 2.05) is 17.0 Å². The molecule has 1 aromatic heterocycles. The van der Waals surface area contributed by atoms with E-state index in [0.717, 1.165) is 18.4 Å². The average Bonchev–Trinajstić information content (AvgIpc) is 3.38. The van der Waals surface area contributed by atoms with Gasteiger partial charge in [0.05, 0.1) is 0 Å². The number of hydrogen-bond acceptors (Lipinski definition) is 3. The van der Waals surface area contributed by atoms with Gasteiger partial charge in [0.2, 0.25) is 5.91 Å². The Labute approximate surface area is 128 Å². The third kappa shape index (κ3) is 3.14. The first-order valence-electron chi connectivity index (χ1n) is 7.25. The van der Waals surface area contributed by atoms with Gasteiger partial charge < -0.3 is 10.6 Å². The summed E-state index contributed by atoms with van der Waals surface area (Å²) in [4.78, 5) is 29.6. The molecule has 1 aliphatic rings. The van der Waals surface area contributed by atoms with Gasteiger partial charge in [0.25, 0.3) is 5.91 Å². The summed E-state index contributed by atoms with van der Waals surface area (Å²) >= 11 is 0. The number of hydrogen-bond donors (Lipinski definition) is 1. The molecule has 5 nitrogen and oxygen atoms in total. The predicted octanol–water partition coefficient (Wildman–Crippen LogP) is 1.99. The molecule has 0 radical (unpaired) electrons. The fraction of sp³-hybridized carbons (Fsp3) is 0.235. The van der Waals surface area contributed by atoms with Crippen molar-refractivity contribution in [2.75, 3.05) is 0 Å². The normalized spacial score (nSPS) is 13.6. The molecule has 2 N–H and O–H groups in total. The van der Waals surface area contributed by atoms with Crippen LogP contribution in [0.1, 0.15) is 39.1 Å². The van der Waals surface area contributed by atoms with Crippen LogP contribution in [0.3, 0.4) is 0 Å². The number of primary amides is 1. The summed E-state index contributed by atoms with van der Waals surface area (Å²) in [6.07, 6.45) is 5.33. The Bertz CT molecular complexity index is 679. The molecule has 0 atom stereocenters. The second-order valence-corrected chi connectivity index (χ2v) is 5.46. The first-order valence-corrected chi connectivity index (χ1v) is 7.25. The summed E-state index contributed by atoms with van der Waals surface area (Å²) in [6.45, 7) is 0.533. The van der Waals surface area contributed by atoms with Crippen LogP contribution in [0, 0.1) is 0 Å². The number of carbonyl (C=O) groups is 2. The molecule has 0 aliphatic heterocycles. The van der Waals surface area contributed by atoms with Gasteiger partial charge in [-0.25, -0.2) is 0 Å². The SMILES string of the molecule is NC(=O)c1ccc(CN(C(=O)c2ccncc2)C2CC2)cc1. The van der Waals surface area contributed by atoms with Gasteiger partial charge in [-0.1, -0.05) is 12.1 Å². The van der Waals surface area contributed by atoms with Crippen molar-refractivity contribution in [1.82, 2.24) is 9.88 Å². The van der Waals surface area contributed by atoms with Crippen LogP contribution in [0.15, 0.2) is 48.8 Å². The first kappa shape index (κ1) is 14.3. The Hall–Kier alpha value is -2.69. The van der Waals surface area contributed by atoms with Crippen molar-refractivity contribution in [3.8, 4) is 0 Å². The standard InChI is InChI=1S/C17H17N3O2/c18-16(21)13-3-1-12(2-4-13)11-20(15-5-6-15)17(22)14-7-9-19-10-8-14/h1-4,7-10,15H,5-6,11H2,(H2,18,21). The fourth-order valence-electron chi connectivity index (χ4n) is 2.38. The largest absolute Gasteiger partial charge is 0.366 e. The van der Waals surface area contributed by atoms with Gasteiger partial charge in [-0.3, -0.25) is 14.6 Å². The predicted molar refractivity (Wildman–Crippen MR) is 82.1 cm³/mol. The van der Waals surface area contributed by atoms with Crippen molar-refractivity contribution in [3.63, 3.8) is 0 Å². The van der Waals surface area contributed by atoms with E-state index in [1.165, 1.54) is 0 Å². The maximum absolute atomic E-state index is 12.6. The number of amides is 2. The molecule has 1 aromatic carbocycles. The van der Waals surface area contributed by atoms with Crippen LogP contribution >= 0.6 is 0 Å². The maximum atomic E-state index is 12.6. The highest BCUT2D eigenvalue weighted by Crippen LogP contribution is 2.29. The fourth-order valence-corrected chi connectivity index (χ4v) is 2.38. The number of rotatable bonds is 5. The van der Waals surface area contributed by atoms with Gasteiger partial charge in [-0.15, -0.1) is 0 Å². The van der Waals surface area contributed by atoms with Crippen LogP contribution in [-0.4, -0.2) is 27.7 Å². The molecule has 112 valence electrons. The summed E-state index contributed by atoms with van der Waals surface area (Å²) in [6, 6.07) is 10.8. The molecule has 3 rings (SSSR count). The van der Waals surface area contributed by atoms with Gasteiger partial charge in [0.15, 0.2) is 0 Å². The van der Waals surface area contributed by atoms with Crippen LogP contribution in [0.2, 0.25) is 0 Å². The number of aromatic nitrogens is 1. The maximum Gasteiger partial charge on any atom is 0.254 e. The van der Waals surface area contributed by atoms with E-state index in [9.17, 15) is 9.59 Å². The molecule has 1 aliphatic carbocycles. The van der Waals surface area contributed by atoms with Crippen LogP contribution < -0.4 is 5.73 Å². The van der Waals surface area contributed by atoms with E-state index in [0.29, 0.717) is 23.7 Å². The number of nitrogens with two attached hydrogens (primary N) is 1. The second-order valence-electron chi connectivity index (χ2n) is 5.46. The highest BCUT2D eigenvalue weighted by molar-refractivity contribution is 5.94.